The van der Waals surface area contributed by atoms with E-state index in [-0.39, 0.29) is 0 Å². The summed E-state index contributed by atoms with van der Waals surface area (Å²) in [6, 6.07) is 9.52. The number of anilines is 5. The maximum Gasteiger partial charge on any atom is 0.160 e. The third-order valence-corrected chi connectivity index (χ3v) is 3.94. The molecule has 0 aliphatic heterocycles. The van der Waals surface area contributed by atoms with Crippen molar-refractivity contribution in [3.63, 3.8) is 0 Å². The highest BCUT2D eigenvalue weighted by molar-refractivity contribution is 6.30. The van der Waals surface area contributed by atoms with Gasteiger partial charge in [0, 0.05) is 11.9 Å². The average Bonchev–Trinajstić information content (AvgIpc) is 2.57. The maximum atomic E-state index is 6.19. The van der Waals surface area contributed by atoms with Crippen LogP contribution in [0, 0.1) is 13.8 Å². The molecule has 0 atom stereocenters. The second-order valence-corrected chi connectivity index (χ2v) is 5.78. The zero-order chi connectivity index (χ0) is 17.1. The van der Waals surface area contributed by atoms with Gasteiger partial charge in [0.25, 0.3) is 0 Å². The van der Waals surface area contributed by atoms with Crippen molar-refractivity contribution in [3.05, 3.63) is 59.0 Å². The van der Waals surface area contributed by atoms with Crippen molar-refractivity contribution in [3.8, 4) is 0 Å². The minimum Gasteiger partial charge on any atom is -0.393 e. The van der Waals surface area contributed by atoms with Crippen LogP contribution in [0.2, 0.25) is 5.02 Å². The van der Waals surface area contributed by atoms with Crippen LogP contribution in [0.5, 0.6) is 0 Å². The summed E-state index contributed by atoms with van der Waals surface area (Å²) in [7, 11) is 0. The van der Waals surface area contributed by atoms with Gasteiger partial charge < -0.3 is 16.4 Å². The molecule has 0 amide bonds. The van der Waals surface area contributed by atoms with E-state index in [1.165, 1.54) is 11.9 Å². The summed E-state index contributed by atoms with van der Waals surface area (Å²) >= 11 is 5.84. The molecule has 0 saturated carbocycles. The first-order chi connectivity index (χ1) is 11.5. The number of aryl methyl sites for hydroxylation is 1. The third kappa shape index (κ3) is 3.38. The summed E-state index contributed by atoms with van der Waals surface area (Å²) in [6.07, 6.45) is 3.00. The second kappa shape index (κ2) is 6.72. The quantitative estimate of drug-likeness (QED) is 0.659. The van der Waals surface area contributed by atoms with Crippen LogP contribution in [0.3, 0.4) is 0 Å². The zero-order valence-corrected chi connectivity index (χ0v) is 14.1. The molecule has 0 saturated heterocycles. The maximum absolute atomic E-state index is 6.19. The Morgan fingerprint density at radius 1 is 0.958 bits per heavy atom. The van der Waals surface area contributed by atoms with Crippen molar-refractivity contribution in [1.82, 2.24) is 15.0 Å². The van der Waals surface area contributed by atoms with Gasteiger partial charge in [-0.1, -0.05) is 23.7 Å². The van der Waals surface area contributed by atoms with E-state index in [9.17, 15) is 0 Å². The molecule has 0 fully saturated rings. The molecule has 6 nitrogen and oxygen atoms in total. The number of nitrogen functional groups attached to an aromatic ring is 1. The Bertz CT molecular complexity index is 863. The molecule has 3 rings (SSSR count). The minimum atomic E-state index is 0.412. The van der Waals surface area contributed by atoms with E-state index in [4.69, 9.17) is 17.3 Å². The van der Waals surface area contributed by atoms with Crippen molar-refractivity contribution in [2.24, 2.45) is 0 Å². The van der Waals surface area contributed by atoms with Crippen LogP contribution in [0.1, 0.15) is 11.1 Å². The molecule has 3 aromatic rings. The van der Waals surface area contributed by atoms with E-state index in [1.807, 2.05) is 19.1 Å². The van der Waals surface area contributed by atoms with E-state index in [0.29, 0.717) is 28.2 Å². The summed E-state index contributed by atoms with van der Waals surface area (Å²) in [5.74, 6) is 1.62. The standard InChI is InChI=1S/C17H17ClN6/c1-10-4-3-5-13(11(10)2)23-16-15(19)17(22-9-21-16)24-14-7-6-12(18)8-20-14/h3-9H,19H2,1-2H3,(H2,20,21,22,23,24). The van der Waals surface area contributed by atoms with Crippen LogP contribution in [0.15, 0.2) is 42.9 Å². The Labute approximate surface area is 145 Å². The molecule has 0 radical (unpaired) electrons. The number of benzene rings is 1. The van der Waals surface area contributed by atoms with Crippen LogP contribution in [0.25, 0.3) is 0 Å². The summed E-state index contributed by atoms with van der Waals surface area (Å²) in [5.41, 5.74) is 9.89. The van der Waals surface area contributed by atoms with Gasteiger partial charge in [-0.15, -0.1) is 0 Å². The van der Waals surface area contributed by atoms with Gasteiger partial charge in [0.1, 0.15) is 17.8 Å². The van der Waals surface area contributed by atoms with Gasteiger partial charge in [-0.3, -0.25) is 0 Å². The van der Waals surface area contributed by atoms with Gasteiger partial charge in [-0.25, -0.2) is 15.0 Å². The van der Waals surface area contributed by atoms with Crippen LogP contribution in [-0.2, 0) is 0 Å². The molecule has 0 aliphatic carbocycles. The molecule has 0 bridgehead atoms. The van der Waals surface area contributed by atoms with Crippen LogP contribution in [0.4, 0.5) is 28.8 Å². The first-order valence-corrected chi connectivity index (χ1v) is 7.74. The highest BCUT2D eigenvalue weighted by Gasteiger charge is 2.10. The Morgan fingerprint density at radius 3 is 2.42 bits per heavy atom. The lowest BCUT2D eigenvalue weighted by molar-refractivity contribution is 1.16. The molecule has 0 spiro atoms. The van der Waals surface area contributed by atoms with Crippen LogP contribution >= 0.6 is 11.6 Å². The molecule has 1 aromatic carbocycles. The van der Waals surface area contributed by atoms with Crippen molar-refractivity contribution in [2.45, 2.75) is 13.8 Å². The first-order valence-electron chi connectivity index (χ1n) is 7.37. The number of pyridine rings is 1. The SMILES string of the molecule is Cc1cccc(Nc2ncnc(Nc3ccc(Cl)cn3)c2N)c1C. The van der Waals surface area contributed by atoms with E-state index in [2.05, 4.69) is 38.6 Å². The number of nitrogens with zero attached hydrogens (tertiary/aromatic N) is 3. The molecule has 122 valence electrons. The van der Waals surface area contributed by atoms with Crippen molar-refractivity contribution in [1.29, 1.82) is 0 Å². The zero-order valence-electron chi connectivity index (χ0n) is 13.3. The van der Waals surface area contributed by atoms with Gasteiger partial charge in [-0.2, -0.15) is 0 Å². The molecule has 24 heavy (non-hydrogen) atoms. The van der Waals surface area contributed by atoms with E-state index >= 15 is 0 Å². The number of hydrogen-bond donors (Lipinski definition) is 3. The molecule has 0 unspecified atom stereocenters. The topological polar surface area (TPSA) is 88.8 Å². The monoisotopic (exact) mass is 340 g/mol. The predicted molar refractivity (Wildman–Crippen MR) is 98.2 cm³/mol. The fraction of sp³-hybridized carbons (Fsp3) is 0.118. The summed E-state index contributed by atoms with van der Waals surface area (Å²) in [5, 5.41) is 6.89. The van der Waals surface area contributed by atoms with Gasteiger partial charge in [0.05, 0.1) is 5.02 Å². The normalized spacial score (nSPS) is 10.5. The molecule has 2 heterocycles. The molecular weight excluding hydrogens is 324 g/mol. The fourth-order valence-corrected chi connectivity index (χ4v) is 2.29. The summed E-state index contributed by atoms with van der Waals surface area (Å²) < 4.78 is 0. The smallest absolute Gasteiger partial charge is 0.160 e. The molecule has 7 heteroatoms. The molecule has 0 aliphatic rings. The van der Waals surface area contributed by atoms with Gasteiger partial charge in [0.2, 0.25) is 0 Å². The number of nitrogens with one attached hydrogen (secondary N) is 2. The van der Waals surface area contributed by atoms with Crippen LogP contribution in [-0.4, -0.2) is 15.0 Å². The van der Waals surface area contributed by atoms with Crippen molar-refractivity contribution < 1.29 is 0 Å². The predicted octanol–water partition coefficient (Wildman–Crippen LogP) is 4.21. The lowest BCUT2D eigenvalue weighted by atomic mass is 10.1. The minimum absolute atomic E-state index is 0.412. The third-order valence-electron chi connectivity index (χ3n) is 3.72. The number of nitrogens with two attached hydrogens (primary N) is 1. The van der Waals surface area contributed by atoms with E-state index in [0.717, 1.165) is 11.3 Å². The van der Waals surface area contributed by atoms with Crippen LogP contribution < -0.4 is 16.4 Å². The number of rotatable bonds is 4. The second-order valence-electron chi connectivity index (χ2n) is 5.34. The van der Waals surface area contributed by atoms with Crippen molar-refractivity contribution in [2.75, 3.05) is 16.4 Å². The fourth-order valence-electron chi connectivity index (χ4n) is 2.18. The summed E-state index contributed by atoms with van der Waals surface area (Å²) in [6.45, 7) is 4.11. The number of aromatic nitrogens is 3. The van der Waals surface area contributed by atoms with Gasteiger partial charge >= 0.3 is 0 Å². The molecule has 2 aromatic heterocycles. The molecular formula is C17H17ClN6. The lowest BCUT2D eigenvalue weighted by Gasteiger charge is -2.14. The van der Waals surface area contributed by atoms with Crippen molar-refractivity contribution >= 4 is 40.4 Å². The van der Waals surface area contributed by atoms with E-state index < -0.39 is 0 Å². The van der Waals surface area contributed by atoms with Gasteiger partial charge in [0.15, 0.2) is 11.6 Å². The average molecular weight is 341 g/mol. The number of hydrogen-bond acceptors (Lipinski definition) is 6. The Balaban J connectivity index is 1.88. The lowest BCUT2D eigenvalue weighted by Crippen LogP contribution is -2.06. The van der Waals surface area contributed by atoms with E-state index in [1.54, 1.807) is 18.3 Å². The number of halogens is 1. The Hall–Kier alpha value is -2.86. The van der Waals surface area contributed by atoms with Gasteiger partial charge in [-0.05, 0) is 43.2 Å². The highest BCUT2D eigenvalue weighted by Crippen LogP contribution is 2.29. The Morgan fingerprint density at radius 2 is 1.71 bits per heavy atom. The summed E-state index contributed by atoms with van der Waals surface area (Å²) in [4.78, 5) is 12.6. The Kier molecular flexibility index (Phi) is 4.48. The first kappa shape index (κ1) is 16.0. The molecule has 4 N–H and O–H groups in total. The largest absolute Gasteiger partial charge is 0.393 e. The highest BCUT2D eigenvalue weighted by atomic mass is 35.5.